The average molecular weight is 110 g/mol. The molecule has 0 aliphatic rings. The predicted molar refractivity (Wildman–Crippen MR) is 35.5 cm³/mol. The van der Waals surface area contributed by atoms with Crippen molar-refractivity contribution in [3.8, 4) is 0 Å². The molecule has 0 heterocycles. The summed E-state index contributed by atoms with van der Waals surface area (Å²) in [5.41, 5.74) is 0.729. The summed E-state index contributed by atoms with van der Waals surface area (Å²) in [6, 6.07) is 0. The van der Waals surface area contributed by atoms with Gasteiger partial charge in [0.15, 0.2) is 0 Å². The maximum Gasteiger partial charge on any atom is 0.118 e. The molecule has 0 aliphatic carbocycles. The zero-order valence-electron chi connectivity index (χ0n) is 5.11. The molecule has 44 valence electrons. The lowest BCUT2D eigenvalue weighted by atomic mass is 10.3. The molecular formula is C7H10O. The van der Waals surface area contributed by atoms with E-state index >= 15 is 0 Å². The van der Waals surface area contributed by atoms with Crippen molar-refractivity contribution < 1.29 is 4.74 Å². The standard InChI is InChI=1S/C7H10O/c1-5-6(2)7(3)8-4/h5H,1-3H2,4H3. The summed E-state index contributed by atoms with van der Waals surface area (Å²) in [5.74, 6) is 0.569. The lowest BCUT2D eigenvalue weighted by Gasteiger charge is -2.00. The Bertz CT molecular complexity index is 122. The van der Waals surface area contributed by atoms with Gasteiger partial charge in [-0.05, 0) is 0 Å². The Morgan fingerprint density at radius 2 is 2.00 bits per heavy atom. The summed E-state index contributed by atoms with van der Waals surface area (Å²) >= 11 is 0. The van der Waals surface area contributed by atoms with Crippen LogP contribution in [-0.4, -0.2) is 7.11 Å². The molecule has 0 saturated heterocycles. The summed E-state index contributed by atoms with van der Waals surface area (Å²) in [6.45, 7) is 10.6. The molecule has 0 aromatic rings. The molecule has 0 aliphatic heterocycles. The quantitative estimate of drug-likeness (QED) is 0.398. The number of allylic oxidation sites excluding steroid dienone is 1. The Balaban J connectivity index is 3.82. The van der Waals surface area contributed by atoms with Crippen molar-refractivity contribution in [2.45, 2.75) is 0 Å². The van der Waals surface area contributed by atoms with Gasteiger partial charge in [-0.3, -0.25) is 0 Å². The normalized spacial score (nSPS) is 7.62. The molecule has 0 spiro atoms. The van der Waals surface area contributed by atoms with E-state index in [-0.39, 0.29) is 0 Å². The molecular weight excluding hydrogens is 100 g/mol. The maximum atomic E-state index is 4.74. The molecule has 0 fully saturated rings. The minimum Gasteiger partial charge on any atom is -0.497 e. The first-order chi connectivity index (χ1) is 3.72. The number of rotatable bonds is 3. The average Bonchev–Trinajstić information content (AvgIpc) is 1.84. The molecule has 8 heavy (non-hydrogen) atoms. The molecule has 1 heteroatoms. The number of hydrogen-bond acceptors (Lipinski definition) is 1. The van der Waals surface area contributed by atoms with E-state index in [0.29, 0.717) is 5.76 Å². The molecule has 1 nitrogen and oxygen atoms in total. The van der Waals surface area contributed by atoms with Crippen molar-refractivity contribution in [3.63, 3.8) is 0 Å². The van der Waals surface area contributed by atoms with Crippen LogP contribution < -0.4 is 0 Å². The third-order valence-electron chi connectivity index (χ3n) is 0.851. The Morgan fingerprint density at radius 3 is 2.12 bits per heavy atom. The minimum absolute atomic E-state index is 0.569. The molecule has 0 rings (SSSR count). The van der Waals surface area contributed by atoms with E-state index in [2.05, 4.69) is 19.7 Å². The third kappa shape index (κ3) is 1.65. The van der Waals surface area contributed by atoms with Crippen molar-refractivity contribution >= 4 is 0 Å². The Morgan fingerprint density at radius 1 is 1.50 bits per heavy atom. The van der Waals surface area contributed by atoms with Gasteiger partial charge < -0.3 is 4.74 Å². The largest absolute Gasteiger partial charge is 0.497 e. The zero-order chi connectivity index (χ0) is 6.57. The van der Waals surface area contributed by atoms with Gasteiger partial charge in [0.2, 0.25) is 0 Å². The van der Waals surface area contributed by atoms with Crippen LogP contribution in [-0.2, 0) is 4.74 Å². The monoisotopic (exact) mass is 110 g/mol. The van der Waals surface area contributed by atoms with Gasteiger partial charge in [-0.15, -0.1) is 0 Å². The lowest BCUT2D eigenvalue weighted by molar-refractivity contribution is 0.305. The van der Waals surface area contributed by atoms with E-state index in [1.807, 2.05) is 0 Å². The third-order valence-corrected chi connectivity index (χ3v) is 0.851. The summed E-state index contributed by atoms with van der Waals surface area (Å²) in [6.07, 6.45) is 1.60. The fourth-order valence-electron chi connectivity index (χ4n) is 0.245. The second kappa shape index (κ2) is 3.08. The summed E-state index contributed by atoms with van der Waals surface area (Å²) in [5, 5.41) is 0. The second-order valence-corrected chi connectivity index (χ2v) is 1.36. The van der Waals surface area contributed by atoms with E-state index in [1.54, 1.807) is 13.2 Å². The lowest BCUT2D eigenvalue weighted by Crippen LogP contribution is -1.83. The van der Waals surface area contributed by atoms with Gasteiger partial charge in [-0.25, -0.2) is 0 Å². The smallest absolute Gasteiger partial charge is 0.118 e. The Labute approximate surface area is 50.0 Å². The molecule has 0 atom stereocenters. The van der Waals surface area contributed by atoms with Crippen molar-refractivity contribution in [2.75, 3.05) is 7.11 Å². The van der Waals surface area contributed by atoms with E-state index in [0.717, 1.165) is 5.57 Å². The fourth-order valence-corrected chi connectivity index (χ4v) is 0.245. The molecule has 0 saturated carbocycles. The molecule has 0 N–H and O–H groups in total. The van der Waals surface area contributed by atoms with Crippen LogP contribution in [0.2, 0.25) is 0 Å². The van der Waals surface area contributed by atoms with Crippen LogP contribution in [0, 0.1) is 0 Å². The number of ether oxygens (including phenoxy) is 1. The van der Waals surface area contributed by atoms with Gasteiger partial charge in [-0.1, -0.05) is 25.8 Å². The van der Waals surface area contributed by atoms with Crippen LogP contribution in [0.1, 0.15) is 0 Å². The van der Waals surface area contributed by atoms with Gasteiger partial charge in [0, 0.05) is 5.57 Å². The fraction of sp³-hybridized carbons (Fsp3) is 0.143. The van der Waals surface area contributed by atoms with Crippen molar-refractivity contribution in [3.05, 3.63) is 37.1 Å². The van der Waals surface area contributed by atoms with Crippen molar-refractivity contribution in [1.29, 1.82) is 0 Å². The summed E-state index contributed by atoms with van der Waals surface area (Å²) in [4.78, 5) is 0. The number of methoxy groups -OCH3 is 1. The molecule has 0 radical (unpaired) electrons. The molecule has 0 unspecified atom stereocenters. The van der Waals surface area contributed by atoms with Gasteiger partial charge in [0.1, 0.15) is 5.76 Å². The summed E-state index contributed by atoms with van der Waals surface area (Å²) < 4.78 is 4.74. The molecule has 0 aromatic carbocycles. The van der Waals surface area contributed by atoms with Crippen LogP contribution in [0.15, 0.2) is 37.1 Å². The van der Waals surface area contributed by atoms with Crippen LogP contribution in [0.3, 0.4) is 0 Å². The number of hydrogen-bond donors (Lipinski definition) is 0. The SMILES string of the molecule is C=CC(=C)C(=C)OC. The highest BCUT2D eigenvalue weighted by atomic mass is 16.5. The first-order valence-corrected chi connectivity index (χ1v) is 2.27. The highest BCUT2D eigenvalue weighted by Crippen LogP contribution is 2.04. The van der Waals surface area contributed by atoms with E-state index in [1.165, 1.54) is 0 Å². The van der Waals surface area contributed by atoms with Crippen LogP contribution >= 0.6 is 0 Å². The van der Waals surface area contributed by atoms with E-state index in [4.69, 9.17) is 4.74 Å². The van der Waals surface area contributed by atoms with E-state index in [9.17, 15) is 0 Å². The topological polar surface area (TPSA) is 9.23 Å². The molecule has 0 aromatic heterocycles. The second-order valence-electron chi connectivity index (χ2n) is 1.36. The summed E-state index contributed by atoms with van der Waals surface area (Å²) in [7, 11) is 1.55. The zero-order valence-corrected chi connectivity index (χ0v) is 5.11. The highest BCUT2D eigenvalue weighted by molar-refractivity contribution is 5.29. The maximum absolute atomic E-state index is 4.74. The van der Waals surface area contributed by atoms with E-state index < -0.39 is 0 Å². The van der Waals surface area contributed by atoms with Gasteiger partial charge >= 0.3 is 0 Å². The molecule has 0 bridgehead atoms. The van der Waals surface area contributed by atoms with Gasteiger partial charge in [-0.2, -0.15) is 0 Å². The van der Waals surface area contributed by atoms with Crippen LogP contribution in [0.4, 0.5) is 0 Å². The van der Waals surface area contributed by atoms with Crippen molar-refractivity contribution in [1.82, 2.24) is 0 Å². The van der Waals surface area contributed by atoms with Crippen molar-refractivity contribution in [2.24, 2.45) is 0 Å². The Kier molecular flexibility index (Phi) is 2.70. The minimum atomic E-state index is 0.569. The predicted octanol–water partition coefficient (Wildman–Crippen LogP) is 1.89. The van der Waals surface area contributed by atoms with Gasteiger partial charge in [0.25, 0.3) is 0 Å². The highest BCUT2D eigenvalue weighted by Gasteiger charge is 1.89. The molecule has 0 amide bonds. The first kappa shape index (κ1) is 7.02. The first-order valence-electron chi connectivity index (χ1n) is 2.27. The van der Waals surface area contributed by atoms with Crippen LogP contribution in [0.25, 0.3) is 0 Å². The Hall–Kier alpha value is -0.980. The van der Waals surface area contributed by atoms with Crippen LogP contribution in [0.5, 0.6) is 0 Å². The van der Waals surface area contributed by atoms with Gasteiger partial charge in [0.05, 0.1) is 7.11 Å².